The van der Waals surface area contributed by atoms with Gasteiger partial charge in [-0.1, -0.05) is 0 Å². The predicted molar refractivity (Wildman–Crippen MR) is 51.3 cm³/mol. The van der Waals surface area contributed by atoms with Crippen molar-refractivity contribution in [3.8, 4) is 0 Å². The predicted octanol–water partition coefficient (Wildman–Crippen LogP) is 1.19. The maximum Gasteiger partial charge on any atom is 0.338 e. The molecule has 1 aromatic carbocycles. The molecule has 0 heterocycles. The van der Waals surface area contributed by atoms with Gasteiger partial charge in [0.1, 0.15) is 0 Å². The van der Waals surface area contributed by atoms with Crippen molar-refractivity contribution < 1.29 is 23.5 Å². The molecule has 0 amide bonds. The fourth-order valence-corrected chi connectivity index (χ4v) is 1.18. The van der Waals surface area contributed by atoms with Gasteiger partial charge in [-0.3, -0.25) is 4.79 Å². The van der Waals surface area contributed by atoms with Crippen molar-refractivity contribution >= 4 is 11.8 Å². The van der Waals surface area contributed by atoms with E-state index in [9.17, 15) is 18.4 Å². The molecule has 1 rings (SSSR count). The number of rotatable bonds is 4. The molecule has 0 radical (unpaired) electrons. The summed E-state index contributed by atoms with van der Waals surface area (Å²) in [6.45, 7) is 0.0558. The first kappa shape index (κ1) is 12.3. The van der Waals surface area contributed by atoms with Gasteiger partial charge >= 0.3 is 5.97 Å². The molecule has 4 nitrogen and oxygen atoms in total. The third-order valence-corrected chi connectivity index (χ3v) is 1.95. The largest absolute Gasteiger partial charge is 0.478 e. The third kappa shape index (κ3) is 2.40. The Labute approximate surface area is 89.7 Å². The lowest BCUT2D eigenvalue weighted by Gasteiger charge is -2.03. The van der Waals surface area contributed by atoms with E-state index < -0.39 is 29.0 Å². The number of hydrogen-bond acceptors (Lipinski definition) is 3. The van der Waals surface area contributed by atoms with Crippen LogP contribution < -0.4 is 5.73 Å². The molecule has 0 fully saturated rings. The van der Waals surface area contributed by atoms with Crippen molar-refractivity contribution in [1.29, 1.82) is 0 Å². The van der Waals surface area contributed by atoms with E-state index in [0.717, 1.165) is 6.07 Å². The van der Waals surface area contributed by atoms with Gasteiger partial charge in [-0.15, -0.1) is 0 Å². The molecule has 1 aromatic rings. The molecule has 6 heteroatoms. The average molecular weight is 229 g/mol. The fraction of sp³-hybridized carbons (Fsp3) is 0.200. The number of halogens is 2. The summed E-state index contributed by atoms with van der Waals surface area (Å²) in [5, 5.41) is 8.58. The van der Waals surface area contributed by atoms with Crippen LogP contribution in [0.3, 0.4) is 0 Å². The summed E-state index contributed by atoms with van der Waals surface area (Å²) in [7, 11) is 0. The highest BCUT2D eigenvalue weighted by molar-refractivity contribution is 5.99. The number of aromatic carboxylic acids is 1. The van der Waals surface area contributed by atoms with Crippen molar-refractivity contribution in [1.82, 2.24) is 0 Å². The highest BCUT2D eigenvalue weighted by Gasteiger charge is 2.18. The van der Waals surface area contributed by atoms with Crippen LogP contribution in [0.2, 0.25) is 0 Å². The molecule has 0 saturated heterocycles. The third-order valence-electron chi connectivity index (χ3n) is 1.95. The normalized spacial score (nSPS) is 10.2. The number of hydrogen-bond donors (Lipinski definition) is 2. The van der Waals surface area contributed by atoms with Gasteiger partial charge < -0.3 is 10.8 Å². The fourth-order valence-electron chi connectivity index (χ4n) is 1.18. The van der Waals surface area contributed by atoms with Crippen LogP contribution in [0.15, 0.2) is 12.1 Å². The second kappa shape index (κ2) is 4.80. The zero-order chi connectivity index (χ0) is 12.3. The molecule has 16 heavy (non-hydrogen) atoms. The summed E-state index contributed by atoms with van der Waals surface area (Å²) in [6, 6.07) is 1.47. The lowest BCUT2D eigenvalue weighted by molar-refractivity contribution is 0.0690. The molecule has 0 unspecified atom stereocenters. The first-order valence-corrected chi connectivity index (χ1v) is 4.43. The van der Waals surface area contributed by atoms with Gasteiger partial charge in [-0.25, -0.2) is 13.6 Å². The van der Waals surface area contributed by atoms with Gasteiger partial charge in [0.15, 0.2) is 17.4 Å². The van der Waals surface area contributed by atoms with Gasteiger partial charge in [-0.2, -0.15) is 0 Å². The number of carbonyl (C=O) groups is 2. The van der Waals surface area contributed by atoms with Gasteiger partial charge in [0.05, 0.1) is 5.56 Å². The van der Waals surface area contributed by atoms with Crippen LogP contribution in [0.25, 0.3) is 0 Å². The zero-order valence-electron chi connectivity index (χ0n) is 8.17. The number of carbonyl (C=O) groups excluding carboxylic acids is 1. The van der Waals surface area contributed by atoms with Crippen LogP contribution in [0.5, 0.6) is 0 Å². The Morgan fingerprint density at radius 2 is 1.94 bits per heavy atom. The average Bonchev–Trinajstić information content (AvgIpc) is 2.21. The van der Waals surface area contributed by atoms with Crippen LogP contribution in [0, 0.1) is 11.6 Å². The summed E-state index contributed by atoms with van der Waals surface area (Å²) in [5.74, 6) is -4.99. The molecule has 86 valence electrons. The van der Waals surface area contributed by atoms with Crippen LogP contribution >= 0.6 is 0 Å². The second-order valence-corrected chi connectivity index (χ2v) is 3.09. The standard InChI is InChI=1S/C10H9F2NO3/c11-7-4-5(8(14)1-2-13)3-6(9(7)12)10(15)16/h3-4H,1-2,13H2,(H,15,16). The van der Waals surface area contributed by atoms with Crippen LogP contribution in [0.1, 0.15) is 27.1 Å². The molecule has 0 bridgehead atoms. The molecule has 0 aliphatic carbocycles. The molecule has 0 aromatic heterocycles. The van der Waals surface area contributed by atoms with Crippen LogP contribution in [-0.4, -0.2) is 23.4 Å². The molecular formula is C10H9F2NO3. The molecule has 0 aliphatic rings. The summed E-state index contributed by atoms with van der Waals surface area (Å²) >= 11 is 0. The number of carboxylic acid groups (broad SMARTS) is 1. The molecule has 0 atom stereocenters. The van der Waals surface area contributed by atoms with Crippen LogP contribution in [-0.2, 0) is 0 Å². The van der Waals surface area contributed by atoms with E-state index in [-0.39, 0.29) is 18.5 Å². The minimum Gasteiger partial charge on any atom is -0.478 e. The minimum absolute atomic E-state index is 0.0515. The Morgan fingerprint density at radius 3 is 2.44 bits per heavy atom. The van der Waals surface area contributed by atoms with E-state index in [1.807, 2.05) is 0 Å². The van der Waals surface area contributed by atoms with Gasteiger partial charge in [0.2, 0.25) is 0 Å². The van der Waals surface area contributed by atoms with Crippen LogP contribution in [0.4, 0.5) is 8.78 Å². The molecular weight excluding hydrogens is 220 g/mol. The molecule has 0 saturated carbocycles. The van der Waals surface area contributed by atoms with Gasteiger partial charge in [0.25, 0.3) is 0 Å². The molecule has 3 N–H and O–H groups in total. The summed E-state index contributed by atoms with van der Waals surface area (Å²) < 4.78 is 26.0. The second-order valence-electron chi connectivity index (χ2n) is 3.09. The Bertz CT molecular complexity index is 446. The summed E-state index contributed by atoms with van der Waals surface area (Å²) in [6.07, 6.45) is -0.0515. The van der Waals surface area contributed by atoms with E-state index in [2.05, 4.69) is 0 Å². The van der Waals surface area contributed by atoms with Crippen molar-refractivity contribution in [2.75, 3.05) is 6.54 Å². The van der Waals surface area contributed by atoms with Crippen molar-refractivity contribution in [2.45, 2.75) is 6.42 Å². The van der Waals surface area contributed by atoms with Crippen molar-refractivity contribution in [3.05, 3.63) is 34.9 Å². The zero-order valence-corrected chi connectivity index (χ0v) is 8.17. The van der Waals surface area contributed by atoms with Crippen molar-refractivity contribution in [2.24, 2.45) is 5.73 Å². The summed E-state index contributed by atoms with van der Waals surface area (Å²) in [5.41, 5.74) is 4.07. The van der Waals surface area contributed by atoms with E-state index >= 15 is 0 Å². The van der Waals surface area contributed by atoms with Crippen molar-refractivity contribution in [3.63, 3.8) is 0 Å². The quantitative estimate of drug-likeness (QED) is 0.760. The Morgan fingerprint density at radius 1 is 1.31 bits per heavy atom. The maximum atomic E-state index is 13.0. The number of Topliss-reactive ketones (excluding diaryl/α,β-unsaturated/α-hetero) is 1. The highest BCUT2D eigenvalue weighted by atomic mass is 19.2. The summed E-state index contributed by atoms with van der Waals surface area (Å²) in [4.78, 5) is 21.9. The van der Waals surface area contributed by atoms with E-state index in [0.29, 0.717) is 6.07 Å². The number of benzene rings is 1. The highest BCUT2D eigenvalue weighted by Crippen LogP contribution is 2.16. The maximum absolute atomic E-state index is 13.0. The number of carboxylic acids is 1. The van der Waals surface area contributed by atoms with Gasteiger partial charge in [0, 0.05) is 12.0 Å². The van der Waals surface area contributed by atoms with Gasteiger partial charge in [-0.05, 0) is 18.7 Å². The molecule has 0 spiro atoms. The SMILES string of the molecule is NCCC(=O)c1cc(F)c(F)c(C(=O)O)c1. The monoisotopic (exact) mass is 229 g/mol. The van der Waals surface area contributed by atoms with E-state index in [1.165, 1.54) is 0 Å². The first-order chi connectivity index (χ1) is 7.47. The number of ketones is 1. The van der Waals surface area contributed by atoms with E-state index in [1.54, 1.807) is 0 Å². The van der Waals surface area contributed by atoms with E-state index in [4.69, 9.17) is 10.8 Å². The minimum atomic E-state index is -1.63. The lowest BCUT2D eigenvalue weighted by Crippen LogP contribution is -2.11. The number of nitrogens with two attached hydrogens (primary N) is 1. The topological polar surface area (TPSA) is 80.4 Å². The lowest BCUT2D eigenvalue weighted by atomic mass is 10.0. The Balaban J connectivity index is 3.24. The first-order valence-electron chi connectivity index (χ1n) is 4.43. The Hall–Kier alpha value is -1.82. The smallest absolute Gasteiger partial charge is 0.338 e. The molecule has 0 aliphatic heterocycles. The Kier molecular flexibility index (Phi) is 3.68.